The topological polar surface area (TPSA) is 76.2 Å². The van der Waals surface area contributed by atoms with Crippen LogP contribution in [0.25, 0.3) is 11.4 Å². The van der Waals surface area contributed by atoms with Gasteiger partial charge in [-0.1, -0.05) is 19.0 Å². The van der Waals surface area contributed by atoms with Gasteiger partial charge in [0.1, 0.15) is 0 Å². The van der Waals surface area contributed by atoms with Crippen molar-refractivity contribution in [2.75, 3.05) is 0 Å². The molecule has 0 radical (unpaired) electrons. The van der Waals surface area contributed by atoms with Crippen molar-refractivity contribution in [3.05, 3.63) is 22.7 Å². The van der Waals surface area contributed by atoms with E-state index >= 15 is 0 Å². The third kappa shape index (κ3) is 1.56. The lowest BCUT2D eigenvalue weighted by Crippen LogP contribution is -2.03. The lowest BCUT2D eigenvalue weighted by molar-refractivity contribution is -0.139. The summed E-state index contributed by atoms with van der Waals surface area (Å²) in [5.41, 5.74) is 0.588. The van der Waals surface area contributed by atoms with Gasteiger partial charge in [0.25, 0.3) is 0 Å². The molecule has 1 aliphatic carbocycles. The van der Waals surface area contributed by atoms with E-state index in [2.05, 4.69) is 10.1 Å². The highest BCUT2D eigenvalue weighted by Crippen LogP contribution is 2.64. The van der Waals surface area contributed by atoms with Gasteiger partial charge in [0.2, 0.25) is 11.7 Å². The summed E-state index contributed by atoms with van der Waals surface area (Å²) in [5.74, 6) is -0.477. The number of aromatic nitrogens is 2. The van der Waals surface area contributed by atoms with Crippen LogP contribution in [0.3, 0.4) is 0 Å². The molecule has 2 aromatic rings. The third-order valence-corrected chi connectivity index (χ3v) is 4.26. The number of carbonyl (C=O) groups is 1. The van der Waals surface area contributed by atoms with Crippen LogP contribution in [-0.2, 0) is 4.79 Å². The molecule has 3 rings (SSSR count). The number of carboxylic acid groups (broad SMARTS) is 1. The minimum atomic E-state index is -0.805. The van der Waals surface area contributed by atoms with Gasteiger partial charge in [-0.3, -0.25) is 4.79 Å². The second-order valence-electron chi connectivity index (χ2n) is 5.08. The second kappa shape index (κ2) is 3.65. The van der Waals surface area contributed by atoms with Crippen LogP contribution < -0.4 is 0 Å². The Balaban J connectivity index is 1.90. The lowest BCUT2D eigenvalue weighted by Gasteiger charge is -1.96. The second-order valence-corrected chi connectivity index (χ2v) is 5.86. The van der Waals surface area contributed by atoms with E-state index in [0.29, 0.717) is 11.7 Å². The van der Waals surface area contributed by atoms with Crippen molar-refractivity contribution in [3.8, 4) is 11.4 Å². The van der Waals surface area contributed by atoms with Gasteiger partial charge in [-0.15, -0.1) is 0 Å². The first-order chi connectivity index (χ1) is 8.51. The van der Waals surface area contributed by atoms with Crippen LogP contribution in [-0.4, -0.2) is 21.2 Å². The van der Waals surface area contributed by atoms with Crippen LogP contribution in [0.15, 0.2) is 21.3 Å². The Labute approximate surface area is 107 Å². The van der Waals surface area contributed by atoms with E-state index in [1.807, 2.05) is 30.7 Å². The summed E-state index contributed by atoms with van der Waals surface area (Å²) in [4.78, 5) is 15.4. The standard InChI is InChI=1S/C12H12N2O3S/c1-12(2)7(8(12)11(15)16)10-13-9(14-17-10)6-3-4-18-5-6/h3-5,7-8H,1-2H3,(H,15,16). The number of aliphatic carboxylic acids is 1. The molecule has 2 aromatic heterocycles. The summed E-state index contributed by atoms with van der Waals surface area (Å²) in [7, 11) is 0. The van der Waals surface area contributed by atoms with E-state index in [9.17, 15) is 4.79 Å². The SMILES string of the molecule is CC1(C)C(C(=O)O)C1c1nc(-c2ccsc2)no1. The summed E-state index contributed by atoms with van der Waals surface area (Å²) >= 11 is 1.56. The van der Waals surface area contributed by atoms with Crippen LogP contribution in [0.4, 0.5) is 0 Å². The molecule has 0 bridgehead atoms. The maximum atomic E-state index is 11.1. The number of carboxylic acids is 1. The summed E-state index contributed by atoms with van der Waals surface area (Å²) < 4.78 is 5.21. The first-order valence-electron chi connectivity index (χ1n) is 5.61. The zero-order chi connectivity index (χ0) is 12.9. The van der Waals surface area contributed by atoms with Gasteiger partial charge in [-0.05, 0) is 16.9 Å². The largest absolute Gasteiger partial charge is 0.481 e. The Morgan fingerprint density at radius 3 is 2.89 bits per heavy atom. The minimum absolute atomic E-state index is 0.185. The average molecular weight is 264 g/mol. The monoisotopic (exact) mass is 264 g/mol. The Morgan fingerprint density at radius 1 is 1.56 bits per heavy atom. The van der Waals surface area contributed by atoms with Gasteiger partial charge in [-0.25, -0.2) is 0 Å². The number of hydrogen-bond acceptors (Lipinski definition) is 5. The summed E-state index contributed by atoms with van der Waals surface area (Å²) in [6.45, 7) is 3.82. The maximum Gasteiger partial charge on any atom is 0.307 e. The van der Waals surface area contributed by atoms with Crippen molar-refractivity contribution in [3.63, 3.8) is 0 Å². The fraction of sp³-hybridized carbons (Fsp3) is 0.417. The van der Waals surface area contributed by atoms with Crippen LogP contribution in [0, 0.1) is 11.3 Å². The molecule has 0 amide bonds. The number of nitrogens with zero attached hydrogens (tertiary/aromatic N) is 2. The molecular weight excluding hydrogens is 252 g/mol. The van der Waals surface area contributed by atoms with Gasteiger partial charge in [0, 0.05) is 10.9 Å². The molecule has 0 aromatic carbocycles. The molecule has 1 saturated carbocycles. The fourth-order valence-corrected chi connectivity index (χ4v) is 3.06. The molecular formula is C12H12N2O3S. The lowest BCUT2D eigenvalue weighted by atomic mass is 10.1. The van der Waals surface area contributed by atoms with E-state index in [1.54, 1.807) is 11.3 Å². The number of rotatable bonds is 3. The fourth-order valence-electron chi connectivity index (χ4n) is 2.43. The highest BCUT2D eigenvalue weighted by molar-refractivity contribution is 7.08. The summed E-state index contributed by atoms with van der Waals surface area (Å²) in [6, 6.07) is 1.91. The normalized spacial score (nSPS) is 25.0. The van der Waals surface area contributed by atoms with Gasteiger partial charge in [-0.2, -0.15) is 16.3 Å². The smallest absolute Gasteiger partial charge is 0.307 e. The molecule has 2 atom stereocenters. The molecule has 1 N–H and O–H groups in total. The quantitative estimate of drug-likeness (QED) is 0.922. The Hall–Kier alpha value is -1.69. The zero-order valence-corrected chi connectivity index (χ0v) is 10.8. The van der Waals surface area contributed by atoms with Crippen LogP contribution in [0.1, 0.15) is 25.7 Å². The number of thiophene rings is 1. The van der Waals surface area contributed by atoms with Crippen molar-refractivity contribution in [1.29, 1.82) is 0 Å². The molecule has 1 fully saturated rings. The van der Waals surface area contributed by atoms with Gasteiger partial charge < -0.3 is 9.63 Å². The third-order valence-electron chi connectivity index (χ3n) is 3.58. The summed E-state index contributed by atoms with van der Waals surface area (Å²) in [6.07, 6.45) is 0. The van der Waals surface area contributed by atoms with Crippen molar-refractivity contribution in [2.45, 2.75) is 19.8 Å². The molecule has 2 unspecified atom stereocenters. The van der Waals surface area contributed by atoms with Crippen molar-refractivity contribution in [1.82, 2.24) is 10.1 Å². The molecule has 6 heteroatoms. The average Bonchev–Trinajstić information content (AvgIpc) is 2.80. The summed E-state index contributed by atoms with van der Waals surface area (Å²) in [5, 5.41) is 16.9. The zero-order valence-electron chi connectivity index (χ0n) is 9.95. The molecule has 2 heterocycles. The maximum absolute atomic E-state index is 11.1. The van der Waals surface area contributed by atoms with Gasteiger partial charge in [0.15, 0.2) is 0 Å². The Bertz CT molecular complexity index is 588. The predicted molar refractivity (Wildman–Crippen MR) is 65.3 cm³/mol. The van der Waals surface area contributed by atoms with E-state index in [0.717, 1.165) is 5.56 Å². The molecule has 0 aliphatic heterocycles. The Kier molecular flexibility index (Phi) is 2.31. The molecule has 1 aliphatic rings. The highest BCUT2D eigenvalue weighted by Gasteiger charge is 2.65. The molecule has 0 saturated heterocycles. The molecule has 18 heavy (non-hydrogen) atoms. The highest BCUT2D eigenvalue weighted by atomic mass is 32.1. The Morgan fingerprint density at radius 2 is 2.33 bits per heavy atom. The minimum Gasteiger partial charge on any atom is -0.481 e. The number of hydrogen-bond donors (Lipinski definition) is 1. The van der Waals surface area contributed by atoms with E-state index in [-0.39, 0.29) is 11.3 Å². The van der Waals surface area contributed by atoms with Crippen LogP contribution in [0.5, 0.6) is 0 Å². The first-order valence-corrected chi connectivity index (χ1v) is 6.55. The van der Waals surface area contributed by atoms with Crippen molar-refractivity contribution >= 4 is 17.3 Å². The molecule has 5 nitrogen and oxygen atoms in total. The molecule has 0 spiro atoms. The van der Waals surface area contributed by atoms with Crippen LogP contribution >= 0.6 is 11.3 Å². The van der Waals surface area contributed by atoms with Gasteiger partial charge >= 0.3 is 5.97 Å². The first kappa shape index (κ1) is 11.4. The van der Waals surface area contributed by atoms with E-state index in [4.69, 9.17) is 9.63 Å². The predicted octanol–water partition coefficient (Wildman–Crippen LogP) is 2.62. The van der Waals surface area contributed by atoms with Crippen molar-refractivity contribution in [2.24, 2.45) is 11.3 Å². The molecule has 94 valence electrons. The van der Waals surface area contributed by atoms with E-state index in [1.165, 1.54) is 0 Å². The van der Waals surface area contributed by atoms with Crippen LogP contribution in [0.2, 0.25) is 0 Å². The van der Waals surface area contributed by atoms with E-state index < -0.39 is 11.9 Å². The van der Waals surface area contributed by atoms with Crippen molar-refractivity contribution < 1.29 is 14.4 Å². The van der Waals surface area contributed by atoms with Gasteiger partial charge in [0.05, 0.1) is 11.8 Å².